The van der Waals surface area contributed by atoms with E-state index in [1.165, 1.54) is 0 Å². The molecular formula is C12H15BrN4O. The van der Waals surface area contributed by atoms with Crippen molar-refractivity contribution in [3.8, 4) is 5.75 Å². The Morgan fingerprint density at radius 1 is 1.50 bits per heavy atom. The van der Waals surface area contributed by atoms with E-state index < -0.39 is 0 Å². The van der Waals surface area contributed by atoms with Crippen LogP contribution in [0.4, 0.5) is 0 Å². The average molecular weight is 311 g/mol. The van der Waals surface area contributed by atoms with Gasteiger partial charge in [0.15, 0.2) is 0 Å². The summed E-state index contributed by atoms with van der Waals surface area (Å²) in [5.74, 6) is 1.15. The molecule has 0 aliphatic carbocycles. The molecule has 0 aliphatic heterocycles. The van der Waals surface area contributed by atoms with Gasteiger partial charge in [0.25, 0.3) is 0 Å². The molecule has 5 nitrogen and oxygen atoms in total. The Morgan fingerprint density at radius 2 is 2.28 bits per heavy atom. The molecule has 2 aromatic rings. The van der Waals surface area contributed by atoms with Crippen LogP contribution >= 0.6 is 15.9 Å². The third-order valence-corrected chi connectivity index (χ3v) is 3.39. The zero-order chi connectivity index (χ0) is 13.1. The van der Waals surface area contributed by atoms with Gasteiger partial charge < -0.3 is 15.0 Å². The highest BCUT2D eigenvalue weighted by Gasteiger charge is 2.10. The highest BCUT2D eigenvalue weighted by molar-refractivity contribution is 9.10. The third kappa shape index (κ3) is 2.88. The summed E-state index contributed by atoms with van der Waals surface area (Å²) in [6.45, 7) is 2.74. The number of benzene rings is 1. The first kappa shape index (κ1) is 13.0. The lowest BCUT2D eigenvalue weighted by atomic mass is 10.2. The van der Waals surface area contributed by atoms with E-state index in [0.717, 1.165) is 11.4 Å². The first-order valence-corrected chi connectivity index (χ1v) is 6.42. The Hall–Kier alpha value is -1.40. The van der Waals surface area contributed by atoms with Crippen molar-refractivity contribution in [2.45, 2.75) is 19.5 Å². The lowest BCUT2D eigenvalue weighted by Crippen LogP contribution is -2.21. The Bertz CT molecular complexity index is 541. The van der Waals surface area contributed by atoms with Crippen molar-refractivity contribution < 1.29 is 5.11 Å². The van der Waals surface area contributed by atoms with Crippen molar-refractivity contribution in [1.29, 1.82) is 0 Å². The first-order valence-electron chi connectivity index (χ1n) is 5.62. The van der Waals surface area contributed by atoms with Gasteiger partial charge in [-0.25, -0.2) is 0 Å². The van der Waals surface area contributed by atoms with Gasteiger partial charge in [-0.2, -0.15) is 0 Å². The van der Waals surface area contributed by atoms with E-state index in [-0.39, 0.29) is 11.8 Å². The number of nitrogens with one attached hydrogen (secondary N) is 1. The van der Waals surface area contributed by atoms with Gasteiger partial charge in [0.2, 0.25) is 0 Å². The molecular weight excluding hydrogens is 296 g/mol. The van der Waals surface area contributed by atoms with Crippen LogP contribution in [0.2, 0.25) is 0 Å². The number of hydrogen-bond donors (Lipinski definition) is 2. The molecule has 0 bridgehead atoms. The predicted octanol–water partition coefficient (Wildman–Crippen LogP) is 2.13. The van der Waals surface area contributed by atoms with Crippen molar-refractivity contribution in [1.82, 2.24) is 20.1 Å². The van der Waals surface area contributed by atoms with E-state index in [4.69, 9.17) is 0 Å². The Morgan fingerprint density at radius 3 is 2.89 bits per heavy atom. The molecule has 1 heterocycles. The SMILES string of the molecule is CC(NCc1ccc(O)c(Br)c1)c1nncn1C. The van der Waals surface area contributed by atoms with Gasteiger partial charge in [0, 0.05) is 13.6 Å². The maximum Gasteiger partial charge on any atom is 0.149 e. The van der Waals surface area contributed by atoms with Crippen LogP contribution in [0.3, 0.4) is 0 Å². The summed E-state index contributed by atoms with van der Waals surface area (Å²) in [4.78, 5) is 0. The number of aryl methyl sites for hydroxylation is 1. The lowest BCUT2D eigenvalue weighted by molar-refractivity contribution is 0.471. The molecule has 0 spiro atoms. The van der Waals surface area contributed by atoms with Crippen LogP contribution in [0, 0.1) is 0 Å². The topological polar surface area (TPSA) is 63.0 Å². The molecule has 2 rings (SSSR count). The molecule has 0 aliphatic rings. The Kier molecular flexibility index (Phi) is 3.98. The van der Waals surface area contributed by atoms with Crippen LogP contribution in [0.25, 0.3) is 0 Å². The molecule has 1 aromatic heterocycles. The summed E-state index contributed by atoms with van der Waals surface area (Å²) in [5, 5.41) is 20.7. The molecule has 96 valence electrons. The zero-order valence-corrected chi connectivity index (χ0v) is 11.8. The third-order valence-electron chi connectivity index (χ3n) is 2.76. The molecule has 0 fully saturated rings. The highest BCUT2D eigenvalue weighted by Crippen LogP contribution is 2.24. The highest BCUT2D eigenvalue weighted by atomic mass is 79.9. The van der Waals surface area contributed by atoms with Crippen LogP contribution < -0.4 is 5.32 Å². The number of nitrogens with zero attached hydrogens (tertiary/aromatic N) is 3. The van der Waals surface area contributed by atoms with Gasteiger partial charge in [-0.3, -0.25) is 0 Å². The van der Waals surface area contributed by atoms with Crippen molar-refractivity contribution in [3.63, 3.8) is 0 Å². The van der Waals surface area contributed by atoms with Crippen molar-refractivity contribution in [2.75, 3.05) is 0 Å². The maximum absolute atomic E-state index is 9.42. The minimum atomic E-state index is 0.116. The predicted molar refractivity (Wildman–Crippen MR) is 72.1 cm³/mol. The first-order chi connectivity index (χ1) is 8.58. The molecule has 6 heteroatoms. The summed E-state index contributed by atoms with van der Waals surface area (Å²) in [6, 6.07) is 5.57. The van der Waals surface area contributed by atoms with Gasteiger partial charge in [-0.1, -0.05) is 6.07 Å². The molecule has 1 aromatic carbocycles. The minimum Gasteiger partial charge on any atom is -0.507 e. The summed E-state index contributed by atoms with van der Waals surface area (Å²) < 4.78 is 2.60. The number of phenols is 1. The van der Waals surface area contributed by atoms with E-state index in [1.54, 1.807) is 12.4 Å². The van der Waals surface area contributed by atoms with E-state index in [0.29, 0.717) is 11.0 Å². The van der Waals surface area contributed by atoms with Crippen LogP contribution in [-0.2, 0) is 13.6 Å². The number of aromatic hydroxyl groups is 1. The van der Waals surface area contributed by atoms with Crippen LogP contribution in [-0.4, -0.2) is 19.9 Å². The lowest BCUT2D eigenvalue weighted by Gasteiger charge is -2.13. The monoisotopic (exact) mass is 310 g/mol. The molecule has 0 saturated heterocycles. The smallest absolute Gasteiger partial charge is 0.149 e. The van der Waals surface area contributed by atoms with Crippen molar-refractivity contribution in [2.24, 2.45) is 7.05 Å². The quantitative estimate of drug-likeness (QED) is 0.908. The zero-order valence-electron chi connectivity index (χ0n) is 10.3. The Labute approximate surface area is 114 Å². The van der Waals surface area contributed by atoms with Gasteiger partial charge in [-0.15, -0.1) is 10.2 Å². The number of phenolic OH excluding ortho intramolecular Hbond substituents is 1. The largest absolute Gasteiger partial charge is 0.507 e. The normalized spacial score (nSPS) is 12.6. The van der Waals surface area contributed by atoms with Crippen molar-refractivity contribution in [3.05, 3.63) is 40.4 Å². The van der Waals surface area contributed by atoms with Crippen LogP contribution in [0.5, 0.6) is 5.75 Å². The van der Waals surface area contributed by atoms with E-state index >= 15 is 0 Å². The second-order valence-corrected chi connectivity index (χ2v) is 5.04. The summed E-state index contributed by atoms with van der Waals surface area (Å²) in [7, 11) is 1.92. The van der Waals surface area contributed by atoms with Gasteiger partial charge >= 0.3 is 0 Å². The summed E-state index contributed by atoms with van der Waals surface area (Å²) in [5.41, 5.74) is 1.09. The molecule has 18 heavy (non-hydrogen) atoms. The molecule has 0 radical (unpaired) electrons. The van der Waals surface area contributed by atoms with Crippen LogP contribution in [0.15, 0.2) is 29.0 Å². The molecule has 1 unspecified atom stereocenters. The fraction of sp³-hybridized carbons (Fsp3) is 0.333. The minimum absolute atomic E-state index is 0.116. The van der Waals surface area contributed by atoms with Crippen LogP contribution in [0.1, 0.15) is 24.4 Å². The van der Waals surface area contributed by atoms with Gasteiger partial charge in [0.1, 0.15) is 17.9 Å². The number of hydrogen-bond acceptors (Lipinski definition) is 4. The van der Waals surface area contributed by atoms with Gasteiger partial charge in [-0.05, 0) is 40.5 Å². The van der Waals surface area contributed by atoms with E-state index in [1.807, 2.05) is 30.7 Å². The Balaban J connectivity index is 1.99. The second-order valence-electron chi connectivity index (χ2n) is 4.19. The van der Waals surface area contributed by atoms with E-state index in [9.17, 15) is 5.11 Å². The molecule has 1 atom stereocenters. The summed E-state index contributed by atoms with van der Waals surface area (Å²) in [6.07, 6.45) is 1.69. The number of aromatic nitrogens is 3. The second kappa shape index (κ2) is 5.49. The summed E-state index contributed by atoms with van der Waals surface area (Å²) >= 11 is 3.30. The number of rotatable bonds is 4. The van der Waals surface area contributed by atoms with E-state index in [2.05, 4.69) is 31.4 Å². The fourth-order valence-electron chi connectivity index (χ4n) is 1.71. The molecule has 0 amide bonds. The van der Waals surface area contributed by atoms with Gasteiger partial charge in [0.05, 0.1) is 10.5 Å². The fourth-order valence-corrected chi connectivity index (χ4v) is 2.13. The maximum atomic E-state index is 9.42. The molecule has 2 N–H and O–H groups in total. The average Bonchev–Trinajstić information content (AvgIpc) is 2.77. The molecule has 0 saturated carbocycles. The standard InChI is InChI=1S/C12H15BrN4O/c1-8(12-16-15-7-17(12)2)14-6-9-3-4-11(18)10(13)5-9/h3-5,7-8,14,18H,6H2,1-2H3. The van der Waals surface area contributed by atoms with Crippen molar-refractivity contribution >= 4 is 15.9 Å². The number of halogens is 1.